The second kappa shape index (κ2) is 4.68. The highest BCUT2D eigenvalue weighted by Crippen LogP contribution is 2.36. The quantitative estimate of drug-likeness (QED) is 0.598. The molecular formula is C15H31N. The maximum Gasteiger partial charge on any atom is 0.0125 e. The number of nitrogens with zero attached hydrogens (tertiary/aromatic N) is 1. The molecule has 1 fully saturated rings. The van der Waals surface area contributed by atoms with Gasteiger partial charge in [0.1, 0.15) is 0 Å². The van der Waals surface area contributed by atoms with E-state index in [1.165, 1.54) is 25.9 Å². The van der Waals surface area contributed by atoms with Crippen molar-refractivity contribution in [3.05, 3.63) is 0 Å². The third-order valence-electron chi connectivity index (χ3n) is 4.15. The van der Waals surface area contributed by atoms with Crippen molar-refractivity contribution in [2.75, 3.05) is 13.1 Å². The third kappa shape index (κ3) is 3.76. The van der Waals surface area contributed by atoms with Crippen molar-refractivity contribution in [3.63, 3.8) is 0 Å². The van der Waals surface area contributed by atoms with Crippen LogP contribution in [0.25, 0.3) is 0 Å². The molecule has 0 saturated carbocycles. The van der Waals surface area contributed by atoms with Crippen LogP contribution in [0.15, 0.2) is 0 Å². The molecule has 1 heteroatoms. The summed E-state index contributed by atoms with van der Waals surface area (Å²) in [6.07, 6.45) is 2.80. The van der Waals surface area contributed by atoms with Gasteiger partial charge < -0.3 is 0 Å². The number of hydrogen-bond acceptors (Lipinski definition) is 1. The lowest BCUT2D eigenvalue weighted by molar-refractivity contribution is 0.0829. The van der Waals surface area contributed by atoms with Crippen LogP contribution in [0.5, 0.6) is 0 Å². The molecule has 0 bridgehead atoms. The second-order valence-corrected chi connectivity index (χ2v) is 7.82. The van der Waals surface area contributed by atoms with Gasteiger partial charge in [-0.25, -0.2) is 0 Å². The molecule has 2 atom stereocenters. The molecule has 0 amide bonds. The maximum atomic E-state index is 2.70. The second-order valence-electron chi connectivity index (χ2n) is 7.82. The first-order chi connectivity index (χ1) is 7.10. The van der Waals surface area contributed by atoms with Crippen LogP contribution < -0.4 is 0 Å². The van der Waals surface area contributed by atoms with Crippen LogP contribution in [0.1, 0.15) is 61.3 Å². The highest BCUT2D eigenvalue weighted by molar-refractivity contribution is 4.87. The van der Waals surface area contributed by atoms with E-state index in [-0.39, 0.29) is 0 Å². The largest absolute Gasteiger partial charge is 0.298 e. The lowest BCUT2D eigenvalue weighted by Crippen LogP contribution is -2.46. The molecule has 1 rings (SSSR count). The first kappa shape index (κ1) is 14.0. The molecule has 2 unspecified atom stereocenters. The molecule has 0 N–H and O–H groups in total. The Labute approximate surface area is 103 Å². The Morgan fingerprint density at radius 2 is 1.44 bits per heavy atom. The minimum absolute atomic E-state index is 0.322. The summed E-state index contributed by atoms with van der Waals surface area (Å²) in [5, 5.41) is 0. The van der Waals surface area contributed by atoms with Crippen LogP contribution in [-0.4, -0.2) is 23.5 Å². The molecule has 0 radical (unpaired) electrons. The molecule has 1 saturated heterocycles. The van der Waals surface area contributed by atoms with Crippen LogP contribution in [0.2, 0.25) is 0 Å². The van der Waals surface area contributed by atoms with E-state index in [9.17, 15) is 0 Å². The third-order valence-corrected chi connectivity index (χ3v) is 4.15. The van der Waals surface area contributed by atoms with Crippen molar-refractivity contribution in [3.8, 4) is 0 Å². The molecule has 0 aromatic carbocycles. The normalized spacial score (nSPS) is 30.2. The van der Waals surface area contributed by atoms with Gasteiger partial charge in [0.15, 0.2) is 0 Å². The zero-order chi connectivity index (χ0) is 12.6. The molecule has 16 heavy (non-hydrogen) atoms. The smallest absolute Gasteiger partial charge is 0.0125 e. The van der Waals surface area contributed by atoms with Gasteiger partial charge in [0.2, 0.25) is 0 Å². The fourth-order valence-electron chi connectivity index (χ4n) is 2.64. The standard InChI is InChI=1S/C15H31N/c1-12-8-9-13(14(2,3)4)11-16(10-12)15(5,6)7/h12-13H,8-11H2,1-7H3. The van der Waals surface area contributed by atoms with Gasteiger partial charge in [-0.3, -0.25) is 4.90 Å². The molecule has 0 spiro atoms. The van der Waals surface area contributed by atoms with Crippen molar-refractivity contribution in [1.29, 1.82) is 0 Å². The van der Waals surface area contributed by atoms with Crippen LogP contribution in [0.3, 0.4) is 0 Å². The molecular weight excluding hydrogens is 194 g/mol. The topological polar surface area (TPSA) is 3.24 Å². The lowest BCUT2D eigenvalue weighted by Gasteiger charge is -2.40. The summed E-state index contributed by atoms with van der Waals surface area (Å²) in [5.41, 5.74) is 0.773. The van der Waals surface area contributed by atoms with Gasteiger partial charge in [-0.2, -0.15) is 0 Å². The molecule has 0 aromatic rings. The van der Waals surface area contributed by atoms with Gasteiger partial charge in [0.25, 0.3) is 0 Å². The van der Waals surface area contributed by atoms with E-state index in [0.29, 0.717) is 11.0 Å². The average molecular weight is 225 g/mol. The van der Waals surface area contributed by atoms with Gasteiger partial charge in [0, 0.05) is 18.6 Å². The van der Waals surface area contributed by atoms with Gasteiger partial charge in [-0.15, -0.1) is 0 Å². The Hall–Kier alpha value is -0.0400. The molecule has 0 aromatic heterocycles. The molecule has 96 valence electrons. The van der Waals surface area contributed by atoms with Crippen LogP contribution in [-0.2, 0) is 0 Å². The summed E-state index contributed by atoms with van der Waals surface area (Å²) < 4.78 is 0. The predicted octanol–water partition coefficient (Wildman–Crippen LogP) is 4.18. The van der Waals surface area contributed by atoms with Crippen molar-refractivity contribution in [2.45, 2.75) is 66.8 Å². The fraction of sp³-hybridized carbons (Fsp3) is 1.00. The van der Waals surface area contributed by atoms with E-state index < -0.39 is 0 Å². The summed E-state index contributed by atoms with van der Waals surface area (Å²) >= 11 is 0. The Morgan fingerprint density at radius 3 is 1.88 bits per heavy atom. The minimum Gasteiger partial charge on any atom is -0.298 e. The van der Waals surface area contributed by atoms with Crippen LogP contribution in [0, 0.1) is 17.3 Å². The summed E-state index contributed by atoms with van der Waals surface area (Å²) in [6, 6.07) is 0. The van der Waals surface area contributed by atoms with E-state index in [0.717, 1.165) is 11.8 Å². The zero-order valence-electron chi connectivity index (χ0n) is 12.4. The van der Waals surface area contributed by atoms with Crippen molar-refractivity contribution >= 4 is 0 Å². The number of likely N-dealkylation sites (tertiary alicyclic amines) is 1. The van der Waals surface area contributed by atoms with Crippen molar-refractivity contribution in [2.24, 2.45) is 17.3 Å². The first-order valence-corrected chi connectivity index (χ1v) is 6.86. The van der Waals surface area contributed by atoms with Crippen molar-refractivity contribution in [1.82, 2.24) is 4.90 Å². The molecule has 1 nitrogen and oxygen atoms in total. The average Bonchev–Trinajstić information content (AvgIpc) is 2.24. The Kier molecular flexibility index (Phi) is 4.10. The van der Waals surface area contributed by atoms with E-state index in [1.807, 2.05) is 0 Å². The highest BCUT2D eigenvalue weighted by Gasteiger charge is 2.33. The fourth-order valence-corrected chi connectivity index (χ4v) is 2.64. The predicted molar refractivity (Wildman–Crippen MR) is 72.7 cm³/mol. The monoisotopic (exact) mass is 225 g/mol. The Balaban J connectivity index is 2.79. The van der Waals surface area contributed by atoms with Gasteiger partial charge in [-0.1, -0.05) is 27.7 Å². The molecule has 1 heterocycles. The molecule has 1 aliphatic rings. The van der Waals surface area contributed by atoms with E-state index >= 15 is 0 Å². The lowest BCUT2D eigenvalue weighted by atomic mass is 9.77. The molecule has 1 aliphatic heterocycles. The van der Waals surface area contributed by atoms with Crippen LogP contribution >= 0.6 is 0 Å². The zero-order valence-corrected chi connectivity index (χ0v) is 12.4. The van der Waals surface area contributed by atoms with Gasteiger partial charge in [0.05, 0.1) is 0 Å². The first-order valence-electron chi connectivity index (χ1n) is 6.86. The highest BCUT2D eigenvalue weighted by atomic mass is 15.2. The number of hydrogen-bond donors (Lipinski definition) is 0. The maximum absolute atomic E-state index is 2.70. The van der Waals surface area contributed by atoms with E-state index in [4.69, 9.17) is 0 Å². The van der Waals surface area contributed by atoms with Gasteiger partial charge in [-0.05, 0) is 50.9 Å². The summed E-state index contributed by atoms with van der Waals surface area (Å²) in [6.45, 7) is 19.2. The Morgan fingerprint density at radius 1 is 0.875 bits per heavy atom. The Bertz CT molecular complexity index is 219. The SMILES string of the molecule is CC1CCC(C(C)(C)C)CN(C(C)(C)C)C1. The van der Waals surface area contributed by atoms with Crippen LogP contribution in [0.4, 0.5) is 0 Å². The molecule has 0 aliphatic carbocycles. The summed E-state index contributed by atoms with van der Waals surface area (Å²) in [5.74, 6) is 1.70. The van der Waals surface area contributed by atoms with E-state index in [2.05, 4.69) is 53.4 Å². The summed E-state index contributed by atoms with van der Waals surface area (Å²) in [4.78, 5) is 2.70. The summed E-state index contributed by atoms with van der Waals surface area (Å²) in [7, 11) is 0. The van der Waals surface area contributed by atoms with Crippen molar-refractivity contribution < 1.29 is 0 Å². The van der Waals surface area contributed by atoms with E-state index in [1.54, 1.807) is 0 Å². The number of rotatable bonds is 0. The van der Waals surface area contributed by atoms with Gasteiger partial charge >= 0.3 is 0 Å². The minimum atomic E-state index is 0.322.